The number of allylic oxidation sites excluding steroid dienone is 3. The number of fused-ring (bicyclic) bond motifs is 1. The van der Waals surface area contributed by atoms with Crippen molar-refractivity contribution in [2.75, 3.05) is 69.8 Å². The van der Waals surface area contributed by atoms with Crippen LogP contribution in [0.4, 0.5) is 20.2 Å². The number of piperidine rings is 2. The summed E-state index contributed by atoms with van der Waals surface area (Å²) in [6.45, 7) is 12.5. The summed E-state index contributed by atoms with van der Waals surface area (Å²) in [5.41, 5.74) is 3.69. The molecule has 2 aromatic carbocycles. The third kappa shape index (κ3) is 12.7. The minimum Gasteiger partial charge on any atom is -0.444 e. The van der Waals surface area contributed by atoms with Crippen molar-refractivity contribution in [3.8, 4) is 5.69 Å². The second kappa shape index (κ2) is 23.1. The van der Waals surface area contributed by atoms with Gasteiger partial charge in [-0.1, -0.05) is 24.3 Å². The Morgan fingerprint density at radius 2 is 1.80 bits per heavy atom. The molecule has 8 rings (SSSR count). The first-order valence-electron chi connectivity index (χ1n) is 23.5. The van der Waals surface area contributed by atoms with E-state index in [1.54, 1.807) is 42.2 Å². The molecular formula is C49H59F2N11O7. The fourth-order valence-corrected chi connectivity index (χ4v) is 8.51. The van der Waals surface area contributed by atoms with E-state index in [1.807, 2.05) is 24.3 Å². The fraction of sp³-hybridized carbons (Fsp3) is 0.449. The van der Waals surface area contributed by atoms with E-state index in [2.05, 4.69) is 53.3 Å². The Labute approximate surface area is 399 Å². The van der Waals surface area contributed by atoms with Gasteiger partial charge in [-0.3, -0.25) is 24.5 Å². The molecule has 1 saturated carbocycles. The lowest BCUT2D eigenvalue weighted by molar-refractivity contribution is -0.136. The molecule has 1 aliphatic carbocycles. The first kappa shape index (κ1) is 48.8. The Kier molecular flexibility index (Phi) is 16.4. The maximum absolute atomic E-state index is 14.1. The predicted octanol–water partition coefficient (Wildman–Crippen LogP) is 5.46. The highest BCUT2D eigenvalue weighted by molar-refractivity contribution is 6.06. The highest BCUT2D eigenvalue weighted by Crippen LogP contribution is 2.34. The first-order valence-corrected chi connectivity index (χ1v) is 23.5. The van der Waals surface area contributed by atoms with Crippen LogP contribution in [0, 0.1) is 5.92 Å². The number of carbonyl (C=O) groups is 4. The van der Waals surface area contributed by atoms with Crippen molar-refractivity contribution in [3.63, 3.8) is 0 Å². The second-order valence-electron chi connectivity index (χ2n) is 17.5. The molecule has 2 saturated heterocycles. The molecule has 1 atom stereocenters. The topological polar surface area (TPSA) is 210 Å². The number of halogens is 2. The number of ether oxygens (including phenoxy) is 2. The summed E-state index contributed by atoms with van der Waals surface area (Å²) >= 11 is 0. The van der Waals surface area contributed by atoms with Crippen molar-refractivity contribution in [1.82, 2.24) is 40.5 Å². The Morgan fingerprint density at radius 3 is 2.52 bits per heavy atom. The second-order valence-corrected chi connectivity index (χ2v) is 17.5. The number of aliphatic imine (C=N–C) groups is 1. The van der Waals surface area contributed by atoms with E-state index in [0.29, 0.717) is 81.0 Å². The highest BCUT2D eigenvalue weighted by atomic mass is 19.3. The smallest absolute Gasteiger partial charge is 0.284 e. The van der Waals surface area contributed by atoms with Gasteiger partial charge < -0.3 is 45.0 Å². The Balaban J connectivity index is 0.691. The van der Waals surface area contributed by atoms with Gasteiger partial charge in [0.05, 0.1) is 44.0 Å². The van der Waals surface area contributed by atoms with E-state index in [1.165, 1.54) is 30.0 Å². The van der Waals surface area contributed by atoms with Crippen LogP contribution >= 0.6 is 0 Å². The summed E-state index contributed by atoms with van der Waals surface area (Å²) in [5.74, 6) is -0.271. The van der Waals surface area contributed by atoms with E-state index in [-0.39, 0.29) is 41.5 Å². The number of benzene rings is 2. The summed E-state index contributed by atoms with van der Waals surface area (Å²) in [5, 5.41) is 19.2. The molecule has 0 spiro atoms. The Morgan fingerprint density at radius 1 is 1.01 bits per heavy atom. The van der Waals surface area contributed by atoms with Crippen LogP contribution in [0.1, 0.15) is 95.4 Å². The summed E-state index contributed by atoms with van der Waals surface area (Å²) in [7, 11) is 0. The lowest BCUT2D eigenvalue weighted by Crippen LogP contribution is -2.52. The molecule has 2 aromatic heterocycles. The SMILES string of the molecule is C=N/C(=C\C(=C/C)c1nc(C(=O)Nc2cn(-c3ccc(CNCCOCCOCCN4CCC(Nc5cccc6c5CN(C5CCC(=O)NC5=O)C6=O)CC4)cc3)nc2C(F)F)co1)NCC1CC1. The van der Waals surface area contributed by atoms with Crippen molar-refractivity contribution in [2.24, 2.45) is 10.9 Å². The number of aromatic nitrogens is 3. The molecule has 5 heterocycles. The maximum atomic E-state index is 14.1. The van der Waals surface area contributed by atoms with Crippen LogP contribution in [0.15, 0.2) is 82.3 Å². The minimum absolute atomic E-state index is 0.0891. The molecule has 5 N–H and O–H groups in total. The number of hydrogen-bond acceptors (Lipinski definition) is 14. The van der Waals surface area contributed by atoms with Crippen molar-refractivity contribution in [2.45, 2.75) is 77.0 Å². The number of amides is 4. The number of nitrogens with zero attached hydrogens (tertiary/aromatic N) is 6. The van der Waals surface area contributed by atoms with Gasteiger partial charge in [-0.25, -0.2) is 23.4 Å². The quantitative estimate of drug-likeness (QED) is 0.0256. The van der Waals surface area contributed by atoms with Crippen LogP contribution in [-0.4, -0.2) is 126 Å². The van der Waals surface area contributed by atoms with E-state index in [0.717, 1.165) is 55.8 Å². The zero-order valence-electron chi connectivity index (χ0n) is 38.7. The van der Waals surface area contributed by atoms with Gasteiger partial charge in [0.25, 0.3) is 18.2 Å². The van der Waals surface area contributed by atoms with Crippen LogP contribution in [-0.2, 0) is 32.2 Å². The lowest BCUT2D eigenvalue weighted by Gasteiger charge is -2.33. The number of oxazole rings is 1. The van der Waals surface area contributed by atoms with E-state index < -0.39 is 30.0 Å². The van der Waals surface area contributed by atoms with Gasteiger partial charge in [-0.05, 0) is 87.6 Å². The molecular weight excluding hydrogens is 893 g/mol. The molecule has 4 aromatic rings. The van der Waals surface area contributed by atoms with Crippen LogP contribution in [0.3, 0.4) is 0 Å². The fourth-order valence-electron chi connectivity index (χ4n) is 8.51. The molecule has 4 amide bonds. The average molecular weight is 952 g/mol. The standard InChI is InChI=1S/C49H59F2N11O7/c1-3-33(25-42(52-2)54-27-32-7-8-32)48-57-40(30-69-48)46(64)56-39-29-62(59-44(39)45(50)51)35-11-9-31(10-12-35)26-53-17-21-67-23-24-68-22-20-60-18-15-34(16-19-60)55-38-6-4-5-36-37(38)28-61(49(36)66)41-13-14-43(63)58-47(41)65/h3-6,9-12,25,29-30,32,34,41,45,53-55H,2,7-8,13-24,26-28H2,1H3,(H,56,64)(H,58,63,65)/b33-3+,42-25+. The van der Waals surface area contributed by atoms with Crippen molar-refractivity contribution < 1.29 is 41.8 Å². The summed E-state index contributed by atoms with van der Waals surface area (Å²) in [6, 6.07) is 12.6. The zero-order valence-corrected chi connectivity index (χ0v) is 38.7. The van der Waals surface area contributed by atoms with Gasteiger partial charge in [0.1, 0.15) is 18.1 Å². The van der Waals surface area contributed by atoms with Crippen molar-refractivity contribution >= 4 is 47.3 Å². The monoisotopic (exact) mass is 951 g/mol. The van der Waals surface area contributed by atoms with E-state index >= 15 is 0 Å². The summed E-state index contributed by atoms with van der Waals surface area (Å²) in [4.78, 5) is 62.7. The number of hydrogen-bond donors (Lipinski definition) is 5. The molecule has 0 bridgehead atoms. The van der Waals surface area contributed by atoms with E-state index in [9.17, 15) is 28.0 Å². The van der Waals surface area contributed by atoms with Crippen molar-refractivity contribution in [3.05, 3.63) is 107 Å². The highest BCUT2D eigenvalue weighted by Gasteiger charge is 2.40. The molecule has 1 unspecified atom stereocenters. The average Bonchev–Trinajstić information content (AvgIpc) is 3.70. The molecule has 18 nitrogen and oxygen atoms in total. The Hall–Kier alpha value is -6.61. The third-order valence-corrected chi connectivity index (χ3v) is 12.6. The van der Waals surface area contributed by atoms with Gasteiger partial charge >= 0.3 is 0 Å². The number of likely N-dealkylation sites (tertiary alicyclic amines) is 1. The number of imide groups is 1. The number of carbonyl (C=O) groups excluding carboxylic acids is 4. The van der Waals surface area contributed by atoms with Crippen LogP contribution in [0.25, 0.3) is 11.3 Å². The van der Waals surface area contributed by atoms with Gasteiger partial charge in [0.2, 0.25) is 17.7 Å². The van der Waals surface area contributed by atoms with Crippen LogP contribution < -0.4 is 26.6 Å². The number of nitrogens with one attached hydrogen (secondary N) is 5. The van der Waals surface area contributed by atoms with Gasteiger partial charge in [0, 0.05) is 80.7 Å². The van der Waals surface area contributed by atoms with Crippen molar-refractivity contribution in [1.29, 1.82) is 0 Å². The third-order valence-electron chi connectivity index (χ3n) is 12.6. The molecule has 20 heteroatoms. The van der Waals surface area contributed by atoms with Gasteiger partial charge in [-0.2, -0.15) is 5.10 Å². The number of rotatable bonds is 24. The minimum atomic E-state index is -2.94. The predicted molar refractivity (Wildman–Crippen MR) is 254 cm³/mol. The first-order chi connectivity index (χ1) is 33.6. The largest absolute Gasteiger partial charge is 0.444 e. The van der Waals surface area contributed by atoms with Gasteiger partial charge in [0.15, 0.2) is 11.4 Å². The lowest BCUT2D eigenvalue weighted by atomic mass is 10.0. The molecule has 4 aliphatic rings. The normalized spacial score (nSPS) is 18.2. The van der Waals surface area contributed by atoms with Crippen LogP contribution in [0.5, 0.6) is 0 Å². The Bertz CT molecular complexity index is 2530. The van der Waals surface area contributed by atoms with Gasteiger partial charge in [-0.15, -0.1) is 0 Å². The molecule has 3 fully saturated rings. The summed E-state index contributed by atoms with van der Waals surface area (Å²) < 4.78 is 46.6. The molecule has 3 aliphatic heterocycles. The number of anilines is 2. The zero-order chi connectivity index (χ0) is 48.3. The molecule has 0 radical (unpaired) electrons. The van der Waals surface area contributed by atoms with E-state index in [4.69, 9.17) is 13.9 Å². The van der Waals surface area contributed by atoms with Crippen LogP contribution in [0.2, 0.25) is 0 Å². The molecule has 366 valence electrons. The number of alkyl halides is 2. The molecule has 69 heavy (non-hydrogen) atoms. The summed E-state index contributed by atoms with van der Waals surface area (Å²) in [6.07, 6.45) is 7.86. The maximum Gasteiger partial charge on any atom is 0.284 e.